The standard InChI is InChI=1S/C13H18N2O2/c1-4-5-10(14)13(16)15-11-7-6-9(2)8-12(11)17-3/h4,6-8,10H,1,5,14H2,2-3H3,(H,15,16). The molecule has 0 aliphatic heterocycles. The van der Waals surface area contributed by atoms with Gasteiger partial charge in [0.05, 0.1) is 18.8 Å². The fraction of sp³-hybridized carbons (Fsp3) is 0.308. The van der Waals surface area contributed by atoms with Gasteiger partial charge in [-0.1, -0.05) is 12.1 Å². The lowest BCUT2D eigenvalue weighted by Gasteiger charge is -2.13. The van der Waals surface area contributed by atoms with Gasteiger partial charge in [0.15, 0.2) is 0 Å². The molecule has 0 aromatic heterocycles. The van der Waals surface area contributed by atoms with Gasteiger partial charge < -0.3 is 15.8 Å². The highest BCUT2D eigenvalue weighted by molar-refractivity contribution is 5.96. The molecule has 0 fully saturated rings. The maximum atomic E-state index is 11.7. The van der Waals surface area contributed by atoms with Gasteiger partial charge in [0, 0.05) is 0 Å². The number of nitrogens with two attached hydrogens (primary N) is 1. The molecule has 0 heterocycles. The van der Waals surface area contributed by atoms with Gasteiger partial charge in [0.25, 0.3) is 0 Å². The van der Waals surface area contributed by atoms with Crippen molar-refractivity contribution >= 4 is 11.6 Å². The molecule has 0 aliphatic rings. The Morgan fingerprint density at radius 1 is 1.65 bits per heavy atom. The quantitative estimate of drug-likeness (QED) is 0.764. The summed E-state index contributed by atoms with van der Waals surface area (Å²) in [6.45, 7) is 5.51. The van der Waals surface area contributed by atoms with Crippen molar-refractivity contribution in [2.45, 2.75) is 19.4 Å². The molecular weight excluding hydrogens is 216 g/mol. The van der Waals surface area contributed by atoms with Gasteiger partial charge in [-0.05, 0) is 31.0 Å². The van der Waals surface area contributed by atoms with E-state index in [9.17, 15) is 4.79 Å². The lowest BCUT2D eigenvalue weighted by atomic mass is 10.1. The van der Waals surface area contributed by atoms with Crippen LogP contribution in [0, 0.1) is 6.92 Å². The van der Waals surface area contributed by atoms with Crippen molar-refractivity contribution in [1.82, 2.24) is 0 Å². The number of hydrogen-bond acceptors (Lipinski definition) is 3. The molecule has 0 aliphatic carbocycles. The van der Waals surface area contributed by atoms with Gasteiger partial charge in [-0.2, -0.15) is 0 Å². The first-order valence-corrected chi connectivity index (χ1v) is 5.40. The second-order valence-corrected chi connectivity index (χ2v) is 3.82. The van der Waals surface area contributed by atoms with Gasteiger partial charge in [0.2, 0.25) is 5.91 Å². The van der Waals surface area contributed by atoms with Crippen LogP contribution in [-0.2, 0) is 4.79 Å². The van der Waals surface area contributed by atoms with Crippen LogP contribution in [0.25, 0.3) is 0 Å². The first-order chi connectivity index (χ1) is 8.08. The molecule has 4 heteroatoms. The predicted octanol–water partition coefficient (Wildman–Crippen LogP) is 1.85. The minimum absolute atomic E-state index is 0.243. The molecule has 1 aromatic carbocycles. The Morgan fingerprint density at radius 2 is 2.35 bits per heavy atom. The minimum atomic E-state index is -0.585. The highest BCUT2D eigenvalue weighted by Crippen LogP contribution is 2.25. The number of amides is 1. The molecule has 1 amide bonds. The van der Waals surface area contributed by atoms with Gasteiger partial charge in [0.1, 0.15) is 5.75 Å². The number of carbonyl (C=O) groups excluding carboxylic acids is 1. The summed E-state index contributed by atoms with van der Waals surface area (Å²) < 4.78 is 5.19. The number of hydrogen-bond donors (Lipinski definition) is 2. The van der Waals surface area contributed by atoms with Crippen molar-refractivity contribution in [3.8, 4) is 5.75 Å². The third-order valence-corrected chi connectivity index (χ3v) is 2.37. The maximum absolute atomic E-state index is 11.7. The van der Waals surface area contributed by atoms with E-state index in [0.29, 0.717) is 17.9 Å². The van der Waals surface area contributed by atoms with E-state index < -0.39 is 6.04 Å². The number of ether oxygens (including phenoxy) is 1. The van der Waals surface area contributed by atoms with Crippen LogP contribution in [0.2, 0.25) is 0 Å². The summed E-state index contributed by atoms with van der Waals surface area (Å²) in [5.41, 5.74) is 7.37. The van der Waals surface area contributed by atoms with Gasteiger partial charge >= 0.3 is 0 Å². The highest BCUT2D eigenvalue weighted by atomic mass is 16.5. The van der Waals surface area contributed by atoms with Gasteiger partial charge in [-0.3, -0.25) is 4.79 Å². The Balaban J connectivity index is 2.80. The molecule has 1 unspecified atom stereocenters. The molecule has 17 heavy (non-hydrogen) atoms. The van der Waals surface area contributed by atoms with E-state index in [0.717, 1.165) is 5.56 Å². The van der Waals surface area contributed by atoms with E-state index in [4.69, 9.17) is 10.5 Å². The number of methoxy groups -OCH3 is 1. The zero-order valence-corrected chi connectivity index (χ0v) is 10.2. The van der Waals surface area contributed by atoms with Crippen LogP contribution in [0.1, 0.15) is 12.0 Å². The van der Waals surface area contributed by atoms with Crippen LogP contribution in [0.15, 0.2) is 30.9 Å². The zero-order valence-electron chi connectivity index (χ0n) is 10.2. The average molecular weight is 234 g/mol. The topological polar surface area (TPSA) is 64.4 Å². The lowest BCUT2D eigenvalue weighted by Crippen LogP contribution is -2.35. The molecule has 1 atom stereocenters. The fourth-order valence-electron chi connectivity index (χ4n) is 1.41. The molecule has 3 N–H and O–H groups in total. The Kier molecular flexibility index (Phi) is 4.72. The Hall–Kier alpha value is -1.81. The molecule has 0 bridgehead atoms. The van der Waals surface area contributed by atoms with E-state index in [1.165, 1.54) is 0 Å². The number of anilines is 1. The Bertz CT molecular complexity index is 416. The lowest BCUT2D eigenvalue weighted by molar-refractivity contribution is -0.117. The molecule has 1 aromatic rings. The van der Waals surface area contributed by atoms with Gasteiger partial charge in [-0.25, -0.2) is 0 Å². The molecular formula is C13H18N2O2. The first-order valence-electron chi connectivity index (χ1n) is 5.40. The zero-order chi connectivity index (χ0) is 12.8. The minimum Gasteiger partial charge on any atom is -0.495 e. The molecule has 0 saturated carbocycles. The van der Waals surface area contributed by atoms with Crippen molar-refractivity contribution in [2.75, 3.05) is 12.4 Å². The molecule has 4 nitrogen and oxygen atoms in total. The average Bonchev–Trinajstić information content (AvgIpc) is 2.31. The number of carbonyl (C=O) groups is 1. The normalized spacial score (nSPS) is 11.7. The molecule has 1 rings (SSSR count). The summed E-state index contributed by atoms with van der Waals surface area (Å²) in [6.07, 6.45) is 2.07. The molecule has 0 saturated heterocycles. The van der Waals surface area contributed by atoms with E-state index in [-0.39, 0.29) is 5.91 Å². The summed E-state index contributed by atoms with van der Waals surface area (Å²) in [7, 11) is 1.56. The van der Waals surface area contributed by atoms with Crippen molar-refractivity contribution in [2.24, 2.45) is 5.73 Å². The van der Waals surface area contributed by atoms with Crippen molar-refractivity contribution < 1.29 is 9.53 Å². The fourth-order valence-corrected chi connectivity index (χ4v) is 1.41. The molecule has 0 spiro atoms. The second-order valence-electron chi connectivity index (χ2n) is 3.82. The Morgan fingerprint density at radius 3 is 2.94 bits per heavy atom. The van der Waals surface area contributed by atoms with Crippen molar-refractivity contribution in [1.29, 1.82) is 0 Å². The van der Waals surface area contributed by atoms with Crippen molar-refractivity contribution in [3.63, 3.8) is 0 Å². The third kappa shape index (κ3) is 3.60. The summed E-state index contributed by atoms with van der Waals surface area (Å²) in [6, 6.07) is 4.97. The van der Waals surface area contributed by atoms with Crippen LogP contribution in [-0.4, -0.2) is 19.1 Å². The van der Waals surface area contributed by atoms with Gasteiger partial charge in [-0.15, -0.1) is 6.58 Å². The first kappa shape index (κ1) is 13.3. The van der Waals surface area contributed by atoms with Crippen molar-refractivity contribution in [3.05, 3.63) is 36.4 Å². The summed E-state index contributed by atoms with van der Waals surface area (Å²) in [5.74, 6) is 0.385. The van der Waals surface area contributed by atoms with Crippen LogP contribution < -0.4 is 15.8 Å². The monoisotopic (exact) mass is 234 g/mol. The van der Waals surface area contributed by atoms with E-state index in [1.54, 1.807) is 19.3 Å². The van der Waals surface area contributed by atoms with E-state index >= 15 is 0 Å². The predicted molar refractivity (Wildman–Crippen MR) is 69.2 cm³/mol. The second kappa shape index (κ2) is 6.06. The largest absolute Gasteiger partial charge is 0.495 e. The summed E-state index contributed by atoms with van der Waals surface area (Å²) >= 11 is 0. The maximum Gasteiger partial charge on any atom is 0.241 e. The summed E-state index contributed by atoms with van der Waals surface area (Å²) in [4.78, 5) is 11.7. The van der Waals surface area contributed by atoms with Crippen LogP contribution in [0.3, 0.4) is 0 Å². The van der Waals surface area contributed by atoms with Crippen LogP contribution in [0.5, 0.6) is 5.75 Å². The number of benzene rings is 1. The van der Waals surface area contributed by atoms with E-state index in [1.807, 2.05) is 19.1 Å². The van der Waals surface area contributed by atoms with Crippen LogP contribution in [0.4, 0.5) is 5.69 Å². The Labute approximate surface area is 101 Å². The number of aryl methyl sites for hydroxylation is 1. The van der Waals surface area contributed by atoms with Crippen LogP contribution >= 0.6 is 0 Å². The smallest absolute Gasteiger partial charge is 0.241 e. The molecule has 0 radical (unpaired) electrons. The SMILES string of the molecule is C=CCC(N)C(=O)Nc1ccc(C)cc1OC. The van der Waals surface area contributed by atoms with E-state index in [2.05, 4.69) is 11.9 Å². The number of rotatable bonds is 5. The third-order valence-electron chi connectivity index (χ3n) is 2.37. The molecule has 92 valence electrons. The number of nitrogens with one attached hydrogen (secondary N) is 1. The summed E-state index contributed by atoms with van der Waals surface area (Å²) in [5, 5.41) is 2.74. The highest BCUT2D eigenvalue weighted by Gasteiger charge is 2.13.